The standard InChI is InChI=1S/C11H16N2O3S/c1-9-10(8-14)2-3-11(12-9)13-4-6-17(15,16)7-5-13/h2-3,14H,4-8H2,1H3. The Bertz CT molecular complexity index is 499. The van der Waals surface area contributed by atoms with Gasteiger partial charge in [0.15, 0.2) is 9.84 Å². The van der Waals surface area contributed by atoms with Gasteiger partial charge < -0.3 is 10.0 Å². The largest absolute Gasteiger partial charge is 0.392 e. The van der Waals surface area contributed by atoms with Crippen LogP contribution >= 0.6 is 0 Å². The van der Waals surface area contributed by atoms with Crippen molar-refractivity contribution in [2.75, 3.05) is 29.5 Å². The summed E-state index contributed by atoms with van der Waals surface area (Å²) in [4.78, 5) is 6.35. The number of aromatic nitrogens is 1. The Morgan fingerprint density at radius 2 is 2.00 bits per heavy atom. The molecule has 1 aromatic heterocycles. The number of aryl methyl sites for hydroxylation is 1. The van der Waals surface area contributed by atoms with Crippen molar-refractivity contribution < 1.29 is 13.5 Å². The molecule has 2 heterocycles. The van der Waals surface area contributed by atoms with E-state index in [1.54, 1.807) is 0 Å². The first-order chi connectivity index (χ1) is 8.02. The molecule has 17 heavy (non-hydrogen) atoms. The number of hydrogen-bond donors (Lipinski definition) is 1. The van der Waals surface area contributed by atoms with Gasteiger partial charge in [0.25, 0.3) is 0 Å². The number of rotatable bonds is 2. The van der Waals surface area contributed by atoms with Crippen LogP contribution in [-0.2, 0) is 16.4 Å². The number of sulfone groups is 1. The molecule has 0 atom stereocenters. The van der Waals surface area contributed by atoms with Gasteiger partial charge in [0.05, 0.1) is 18.1 Å². The minimum absolute atomic E-state index is 0.0203. The van der Waals surface area contributed by atoms with Crippen LogP contribution in [0.3, 0.4) is 0 Å². The van der Waals surface area contributed by atoms with Crippen LogP contribution in [0.15, 0.2) is 12.1 Å². The topological polar surface area (TPSA) is 70.5 Å². The molecule has 0 aromatic carbocycles. The minimum atomic E-state index is -2.86. The van der Waals surface area contributed by atoms with Gasteiger partial charge in [-0.25, -0.2) is 13.4 Å². The van der Waals surface area contributed by atoms with Crippen molar-refractivity contribution >= 4 is 15.7 Å². The van der Waals surface area contributed by atoms with Crippen LogP contribution in [0.5, 0.6) is 0 Å². The lowest BCUT2D eigenvalue weighted by molar-refractivity contribution is 0.280. The van der Waals surface area contributed by atoms with Crippen molar-refractivity contribution in [2.45, 2.75) is 13.5 Å². The highest BCUT2D eigenvalue weighted by Gasteiger charge is 2.22. The van der Waals surface area contributed by atoms with Crippen LogP contribution in [0.25, 0.3) is 0 Å². The van der Waals surface area contributed by atoms with Crippen LogP contribution in [0.2, 0.25) is 0 Å². The normalized spacial score (nSPS) is 19.3. The van der Waals surface area contributed by atoms with E-state index in [2.05, 4.69) is 4.98 Å². The fourth-order valence-corrected chi connectivity index (χ4v) is 3.06. The highest BCUT2D eigenvalue weighted by molar-refractivity contribution is 7.91. The highest BCUT2D eigenvalue weighted by Crippen LogP contribution is 2.17. The molecule has 0 unspecified atom stereocenters. The van der Waals surface area contributed by atoms with Gasteiger partial charge in [-0.05, 0) is 18.6 Å². The lowest BCUT2D eigenvalue weighted by atomic mass is 10.2. The summed E-state index contributed by atoms with van der Waals surface area (Å²) in [7, 11) is -2.86. The fourth-order valence-electron chi connectivity index (χ4n) is 1.86. The maximum atomic E-state index is 11.3. The van der Waals surface area contributed by atoms with E-state index >= 15 is 0 Å². The molecule has 0 saturated carbocycles. The summed E-state index contributed by atoms with van der Waals surface area (Å²) in [6.07, 6.45) is 0. The summed E-state index contributed by atoms with van der Waals surface area (Å²) >= 11 is 0. The van der Waals surface area contributed by atoms with E-state index in [0.29, 0.717) is 13.1 Å². The highest BCUT2D eigenvalue weighted by atomic mass is 32.2. The third kappa shape index (κ3) is 2.76. The molecule has 1 aliphatic heterocycles. The van der Waals surface area contributed by atoms with Crippen molar-refractivity contribution in [3.8, 4) is 0 Å². The Kier molecular flexibility index (Phi) is 3.35. The third-order valence-electron chi connectivity index (χ3n) is 3.02. The van der Waals surface area contributed by atoms with Crippen LogP contribution in [-0.4, -0.2) is 43.1 Å². The molecule has 1 saturated heterocycles. The van der Waals surface area contributed by atoms with E-state index in [1.807, 2.05) is 24.0 Å². The van der Waals surface area contributed by atoms with E-state index in [1.165, 1.54) is 0 Å². The van der Waals surface area contributed by atoms with Crippen LogP contribution in [0, 0.1) is 6.92 Å². The molecule has 5 nitrogen and oxygen atoms in total. The summed E-state index contributed by atoms with van der Waals surface area (Å²) in [5.74, 6) is 1.17. The summed E-state index contributed by atoms with van der Waals surface area (Å²) in [5, 5.41) is 9.06. The van der Waals surface area contributed by atoms with E-state index in [4.69, 9.17) is 5.11 Å². The van der Waals surface area contributed by atoms with E-state index in [9.17, 15) is 8.42 Å². The predicted octanol–water partition coefficient (Wildman–Crippen LogP) is 0.117. The molecule has 2 rings (SSSR count). The van der Waals surface area contributed by atoms with Gasteiger partial charge in [0.2, 0.25) is 0 Å². The van der Waals surface area contributed by atoms with Crippen molar-refractivity contribution in [2.24, 2.45) is 0 Å². The number of pyridine rings is 1. The molecule has 1 aromatic rings. The molecule has 0 bridgehead atoms. The van der Waals surface area contributed by atoms with Crippen LogP contribution in [0.4, 0.5) is 5.82 Å². The quantitative estimate of drug-likeness (QED) is 0.813. The predicted molar refractivity (Wildman–Crippen MR) is 65.8 cm³/mol. The van der Waals surface area contributed by atoms with Gasteiger partial charge in [0.1, 0.15) is 5.82 Å². The second-order valence-electron chi connectivity index (χ2n) is 4.21. The second-order valence-corrected chi connectivity index (χ2v) is 6.51. The molecule has 1 aliphatic rings. The molecule has 0 spiro atoms. The van der Waals surface area contributed by atoms with Crippen LogP contribution < -0.4 is 4.90 Å². The molecular formula is C11H16N2O3S. The third-order valence-corrected chi connectivity index (χ3v) is 4.63. The molecule has 0 aliphatic carbocycles. The summed E-state index contributed by atoms with van der Waals surface area (Å²) in [6, 6.07) is 3.66. The molecule has 0 amide bonds. The zero-order valence-electron chi connectivity index (χ0n) is 9.76. The second kappa shape index (κ2) is 4.62. The summed E-state index contributed by atoms with van der Waals surface area (Å²) < 4.78 is 22.6. The van der Waals surface area contributed by atoms with Gasteiger partial charge in [0, 0.05) is 18.8 Å². The van der Waals surface area contributed by atoms with Gasteiger partial charge in [-0.15, -0.1) is 0 Å². The first-order valence-corrected chi connectivity index (χ1v) is 7.37. The van der Waals surface area contributed by atoms with E-state index in [0.717, 1.165) is 17.1 Å². The number of hydrogen-bond acceptors (Lipinski definition) is 5. The smallest absolute Gasteiger partial charge is 0.153 e. The Balaban J connectivity index is 2.16. The molecule has 0 radical (unpaired) electrons. The molecule has 1 fully saturated rings. The SMILES string of the molecule is Cc1nc(N2CCS(=O)(=O)CC2)ccc1CO. The van der Waals surface area contributed by atoms with Crippen molar-refractivity contribution in [1.29, 1.82) is 0 Å². The number of aliphatic hydroxyl groups is 1. The van der Waals surface area contributed by atoms with Crippen LogP contribution in [0.1, 0.15) is 11.3 Å². The Labute approximate surface area is 101 Å². The molecular weight excluding hydrogens is 240 g/mol. The zero-order valence-corrected chi connectivity index (χ0v) is 10.6. The molecule has 1 N–H and O–H groups in total. The number of anilines is 1. The Morgan fingerprint density at radius 3 is 2.53 bits per heavy atom. The van der Waals surface area contributed by atoms with E-state index < -0.39 is 9.84 Å². The Morgan fingerprint density at radius 1 is 1.35 bits per heavy atom. The van der Waals surface area contributed by atoms with Gasteiger partial charge in [-0.1, -0.05) is 6.07 Å². The van der Waals surface area contributed by atoms with Gasteiger partial charge in [-0.2, -0.15) is 0 Å². The Hall–Kier alpha value is -1.14. The summed E-state index contributed by atoms with van der Waals surface area (Å²) in [5.41, 5.74) is 1.59. The maximum Gasteiger partial charge on any atom is 0.153 e. The number of aliphatic hydroxyl groups excluding tert-OH is 1. The average molecular weight is 256 g/mol. The number of nitrogens with zero attached hydrogens (tertiary/aromatic N) is 2. The monoisotopic (exact) mass is 256 g/mol. The van der Waals surface area contributed by atoms with Crippen molar-refractivity contribution in [3.63, 3.8) is 0 Å². The maximum absolute atomic E-state index is 11.3. The zero-order chi connectivity index (χ0) is 12.5. The first-order valence-electron chi connectivity index (χ1n) is 5.54. The average Bonchev–Trinajstić information content (AvgIpc) is 2.29. The van der Waals surface area contributed by atoms with Gasteiger partial charge in [-0.3, -0.25) is 0 Å². The lowest BCUT2D eigenvalue weighted by Crippen LogP contribution is -2.40. The first kappa shape index (κ1) is 12.3. The lowest BCUT2D eigenvalue weighted by Gasteiger charge is -2.28. The van der Waals surface area contributed by atoms with E-state index in [-0.39, 0.29) is 18.1 Å². The van der Waals surface area contributed by atoms with Gasteiger partial charge >= 0.3 is 0 Å². The summed E-state index contributed by atoms with van der Waals surface area (Å²) in [6.45, 7) is 2.81. The van der Waals surface area contributed by atoms with Crippen molar-refractivity contribution in [3.05, 3.63) is 23.4 Å². The molecule has 94 valence electrons. The van der Waals surface area contributed by atoms with Crippen molar-refractivity contribution in [1.82, 2.24) is 4.98 Å². The molecule has 6 heteroatoms. The fraction of sp³-hybridized carbons (Fsp3) is 0.545. The minimum Gasteiger partial charge on any atom is -0.392 e.